The van der Waals surface area contributed by atoms with Crippen molar-refractivity contribution in [3.63, 3.8) is 0 Å². The molecule has 1 aromatic rings. The van der Waals surface area contributed by atoms with E-state index in [0.717, 1.165) is 16.7 Å². The van der Waals surface area contributed by atoms with E-state index in [1.54, 1.807) is 4.68 Å². The monoisotopic (exact) mass is 259 g/mol. The van der Waals surface area contributed by atoms with E-state index in [-0.39, 0.29) is 0 Å². The summed E-state index contributed by atoms with van der Waals surface area (Å²) in [7, 11) is 1.83. The van der Waals surface area contributed by atoms with Crippen LogP contribution in [0.25, 0.3) is 0 Å². The van der Waals surface area contributed by atoms with Gasteiger partial charge in [0.1, 0.15) is 5.78 Å². The van der Waals surface area contributed by atoms with Gasteiger partial charge in [-0.05, 0) is 28.8 Å². The maximum absolute atomic E-state index is 11.3. The second kappa shape index (κ2) is 5.24. The Morgan fingerprint density at radius 1 is 1.50 bits per heavy atom. The van der Waals surface area contributed by atoms with Crippen LogP contribution in [0.2, 0.25) is 0 Å². The highest BCUT2D eigenvalue weighted by molar-refractivity contribution is 9.10. The summed E-state index contributed by atoms with van der Waals surface area (Å²) in [6, 6.07) is 0. The minimum absolute atomic E-state index is 0.306. The first-order chi connectivity index (χ1) is 6.65. The highest BCUT2D eigenvalue weighted by atomic mass is 79.9. The van der Waals surface area contributed by atoms with Gasteiger partial charge in [-0.25, -0.2) is 0 Å². The molecule has 0 atom stereocenters. The molecule has 0 saturated carbocycles. The molecular formula is C9H14BrN3O. The molecule has 4 nitrogen and oxygen atoms in total. The van der Waals surface area contributed by atoms with Crippen LogP contribution in [0.1, 0.15) is 31.9 Å². The summed E-state index contributed by atoms with van der Waals surface area (Å²) < 4.78 is 2.44. The first-order valence-corrected chi connectivity index (χ1v) is 5.50. The zero-order chi connectivity index (χ0) is 10.6. The topological polar surface area (TPSA) is 47.8 Å². The van der Waals surface area contributed by atoms with Gasteiger partial charge >= 0.3 is 0 Å². The summed E-state index contributed by atoms with van der Waals surface area (Å²) in [5.74, 6) is 0.306. The Bertz CT molecular complexity index is 302. The lowest BCUT2D eigenvalue weighted by Gasteiger charge is -2.00. The van der Waals surface area contributed by atoms with Crippen LogP contribution in [-0.4, -0.2) is 20.8 Å². The smallest absolute Gasteiger partial charge is 0.151 e. The zero-order valence-electron chi connectivity index (χ0n) is 8.46. The van der Waals surface area contributed by atoms with E-state index in [9.17, 15) is 4.79 Å². The predicted octanol–water partition coefficient (Wildman–Crippen LogP) is 1.88. The fourth-order valence-corrected chi connectivity index (χ4v) is 1.80. The number of halogens is 1. The third kappa shape index (κ3) is 2.90. The SMILES string of the molecule is CCCC(=O)CCc1c(Br)nnn1C. The standard InChI is InChI=1S/C9H14BrN3O/c1-3-4-7(14)5-6-8-9(10)11-12-13(8)2/h3-6H2,1-2H3. The molecule has 0 aromatic carbocycles. The van der Waals surface area contributed by atoms with Crippen molar-refractivity contribution in [1.82, 2.24) is 15.0 Å². The van der Waals surface area contributed by atoms with Crippen molar-refractivity contribution in [2.75, 3.05) is 0 Å². The Morgan fingerprint density at radius 2 is 2.21 bits per heavy atom. The molecule has 0 saturated heterocycles. The minimum atomic E-state index is 0.306. The number of ketones is 1. The fourth-order valence-electron chi connectivity index (χ4n) is 1.28. The maximum atomic E-state index is 11.3. The average Bonchev–Trinajstić information content (AvgIpc) is 2.44. The number of nitrogens with zero attached hydrogens (tertiary/aromatic N) is 3. The molecule has 0 bridgehead atoms. The van der Waals surface area contributed by atoms with Crippen molar-refractivity contribution >= 4 is 21.7 Å². The average molecular weight is 260 g/mol. The number of Topliss-reactive ketones (excluding diaryl/α,β-unsaturated/α-hetero) is 1. The molecule has 0 N–H and O–H groups in total. The van der Waals surface area contributed by atoms with Crippen LogP contribution in [0.5, 0.6) is 0 Å². The van der Waals surface area contributed by atoms with Gasteiger partial charge in [0.2, 0.25) is 0 Å². The quantitative estimate of drug-likeness (QED) is 0.812. The molecule has 1 heterocycles. The molecule has 1 aromatic heterocycles. The van der Waals surface area contributed by atoms with E-state index >= 15 is 0 Å². The van der Waals surface area contributed by atoms with Crippen LogP contribution >= 0.6 is 15.9 Å². The molecule has 0 aliphatic heterocycles. The van der Waals surface area contributed by atoms with E-state index in [1.807, 2.05) is 14.0 Å². The van der Waals surface area contributed by atoms with Crippen LogP contribution in [0.3, 0.4) is 0 Å². The number of aryl methyl sites for hydroxylation is 1. The molecule has 78 valence electrons. The first-order valence-electron chi connectivity index (χ1n) is 4.71. The van der Waals surface area contributed by atoms with Crippen molar-refractivity contribution in [1.29, 1.82) is 0 Å². The van der Waals surface area contributed by atoms with Crippen molar-refractivity contribution in [3.05, 3.63) is 10.3 Å². The summed E-state index contributed by atoms with van der Waals surface area (Å²) in [5.41, 5.74) is 0.981. The van der Waals surface area contributed by atoms with Crippen LogP contribution in [0.15, 0.2) is 4.60 Å². The molecule has 0 fully saturated rings. The van der Waals surface area contributed by atoms with Crippen LogP contribution in [0, 0.1) is 0 Å². The van der Waals surface area contributed by atoms with Gasteiger partial charge in [0.15, 0.2) is 4.60 Å². The lowest BCUT2D eigenvalue weighted by Crippen LogP contribution is -2.04. The molecular weight excluding hydrogens is 246 g/mol. The van der Waals surface area contributed by atoms with Gasteiger partial charge in [-0.2, -0.15) is 0 Å². The number of hydrogen-bond acceptors (Lipinski definition) is 3. The van der Waals surface area contributed by atoms with Gasteiger partial charge in [0.25, 0.3) is 0 Å². The number of hydrogen-bond donors (Lipinski definition) is 0. The van der Waals surface area contributed by atoms with E-state index in [0.29, 0.717) is 25.0 Å². The fraction of sp³-hybridized carbons (Fsp3) is 0.667. The predicted molar refractivity (Wildman–Crippen MR) is 56.9 cm³/mol. The Hall–Kier alpha value is -0.710. The molecule has 1 rings (SSSR count). The van der Waals surface area contributed by atoms with Gasteiger partial charge in [-0.15, -0.1) is 5.10 Å². The van der Waals surface area contributed by atoms with Crippen molar-refractivity contribution < 1.29 is 4.79 Å². The largest absolute Gasteiger partial charge is 0.300 e. The molecule has 0 amide bonds. The van der Waals surface area contributed by atoms with Crippen LogP contribution in [-0.2, 0) is 18.3 Å². The van der Waals surface area contributed by atoms with E-state index in [2.05, 4.69) is 26.2 Å². The molecule has 0 aliphatic carbocycles. The molecule has 14 heavy (non-hydrogen) atoms. The van der Waals surface area contributed by atoms with E-state index in [1.165, 1.54) is 0 Å². The maximum Gasteiger partial charge on any atom is 0.151 e. The van der Waals surface area contributed by atoms with Crippen molar-refractivity contribution in [2.45, 2.75) is 32.6 Å². The van der Waals surface area contributed by atoms with Gasteiger partial charge in [0.05, 0.1) is 5.69 Å². The summed E-state index contributed by atoms with van der Waals surface area (Å²) >= 11 is 3.30. The molecule has 5 heteroatoms. The zero-order valence-corrected chi connectivity index (χ0v) is 10.0. The van der Waals surface area contributed by atoms with Crippen molar-refractivity contribution in [3.8, 4) is 0 Å². The Morgan fingerprint density at radius 3 is 2.71 bits per heavy atom. The Labute approximate surface area is 91.8 Å². The van der Waals surface area contributed by atoms with E-state index < -0.39 is 0 Å². The van der Waals surface area contributed by atoms with Crippen LogP contribution in [0.4, 0.5) is 0 Å². The molecule has 0 aliphatic rings. The number of aromatic nitrogens is 3. The number of carbonyl (C=O) groups excluding carboxylic acids is 1. The minimum Gasteiger partial charge on any atom is -0.300 e. The lowest BCUT2D eigenvalue weighted by atomic mass is 10.1. The van der Waals surface area contributed by atoms with Gasteiger partial charge in [0, 0.05) is 19.9 Å². The molecule has 0 radical (unpaired) electrons. The summed E-state index contributed by atoms with van der Waals surface area (Å²) in [4.78, 5) is 11.3. The van der Waals surface area contributed by atoms with Gasteiger partial charge in [-0.3, -0.25) is 9.48 Å². The molecule has 0 unspecified atom stereocenters. The highest BCUT2D eigenvalue weighted by Gasteiger charge is 2.09. The lowest BCUT2D eigenvalue weighted by molar-refractivity contribution is -0.119. The molecule has 0 spiro atoms. The number of rotatable bonds is 5. The summed E-state index contributed by atoms with van der Waals surface area (Å²) in [5, 5.41) is 7.71. The Balaban J connectivity index is 2.49. The van der Waals surface area contributed by atoms with Crippen molar-refractivity contribution in [2.24, 2.45) is 7.05 Å². The third-order valence-corrected chi connectivity index (χ3v) is 2.68. The normalized spacial score (nSPS) is 10.5. The van der Waals surface area contributed by atoms with Crippen LogP contribution < -0.4 is 0 Å². The Kier molecular flexibility index (Phi) is 4.25. The second-order valence-electron chi connectivity index (χ2n) is 3.24. The van der Waals surface area contributed by atoms with Gasteiger partial charge in [-0.1, -0.05) is 12.1 Å². The van der Waals surface area contributed by atoms with Gasteiger partial charge < -0.3 is 0 Å². The second-order valence-corrected chi connectivity index (χ2v) is 3.99. The van der Waals surface area contributed by atoms with E-state index in [4.69, 9.17) is 0 Å². The first kappa shape index (κ1) is 11.4. The third-order valence-electron chi connectivity index (χ3n) is 2.06. The number of carbonyl (C=O) groups is 1. The highest BCUT2D eigenvalue weighted by Crippen LogP contribution is 2.14. The summed E-state index contributed by atoms with van der Waals surface area (Å²) in [6.07, 6.45) is 2.88. The summed E-state index contributed by atoms with van der Waals surface area (Å²) in [6.45, 7) is 2.01.